The number of hydrogen-bond acceptors (Lipinski definition) is 2. The van der Waals surface area contributed by atoms with Crippen molar-refractivity contribution in [2.75, 3.05) is 7.05 Å². The third kappa shape index (κ3) is 1.88. The molecule has 2 aliphatic heterocycles. The quantitative estimate of drug-likeness (QED) is 0.830. The average molecular weight is 252 g/mol. The molecule has 0 amide bonds. The first-order valence-electron chi connectivity index (χ1n) is 6.32. The fraction of sp³-hybridized carbons (Fsp3) is 0.571. The van der Waals surface area contributed by atoms with E-state index in [0.29, 0.717) is 12.1 Å². The van der Waals surface area contributed by atoms with Gasteiger partial charge in [-0.05, 0) is 44.0 Å². The van der Waals surface area contributed by atoms with Crippen LogP contribution < -0.4 is 0 Å². The van der Waals surface area contributed by atoms with Gasteiger partial charge in [-0.25, -0.2) is 0 Å². The molecule has 2 bridgehead atoms. The minimum absolute atomic E-state index is 0.236. The van der Waals surface area contributed by atoms with Gasteiger partial charge in [-0.1, -0.05) is 23.7 Å². The highest BCUT2D eigenvalue weighted by Crippen LogP contribution is 2.42. The van der Waals surface area contributed by atoms with Gasteiger partial charge in [0.25, 0.3) is 0 Å². The fourth-order valence-corrected chi connectivity index (χ4v) is 3.61. The van der Waals surface area contributed by atoms with Crippen LogP contribution in [0.5, 0.6) is 0 Å². The topological polar surface area (TPSA) is 23.5 Å². The maximum atomic E-state index is 10.5. The van der Waals surface area contributed by atoms with E-state index in [1.807, 2.05) is 12.1 Å². The lowest BCUT2D eigenvalue weighted by atomic mass is 9.83. The average Bonchev–Trinajstić information content (AvgIpc) is 2.58. The molecule has 2 aliphatic rings. The van der Waals surface area contributed by atoms with Crippen LogP contribution >= 0.6 is 11.6 Å². The minimum atomic E-state index is -0.236. The second-order valence-corrected chi connectivity index (χ2v) is 5.78. The lowest BCUT2D eigenvalue weighted by Gasteiger charge is -2.40. The molecule has 2 saturated heterocycles. The van der Waals surface area contributed by atoms with Crippen LogP contribution in [0, 0.1) is 0 Å². The normalized spacial score (nSPS) is 37.4. The fourth-order valence-electron chi connectivity index (χ4n) is 3.48. The summed E-state index contributed by atoms with van der Waals surface area (Å²) in [7, 11) is 2.14. The van der Waals surface area contributed by atoms with Gasteiger partial charge in [0, 0.05) is 23.0 Å². The summed E-state index contributed by atoms with van der Waals surface area (Å²) < 4.78 is 0. The van der Waals surface area contributed by atoms with Crippen molar-refractivity contribution in [3.63, 3.8) is 0 Å². The number of nitrogens with zero attached hydrogens (tertiary/aromatic N) is 1. The lowest BCUT2D eigenvalue weighted by molar-refractivity contribution is 0.0112. The van der Waals surface area contributed by atoms with Crippen LogP contribution in [0.4, 0.5) is 0 Å². The van der Waals surface area contributed by atoms with Crippen molar-refractivity contribution < 1.29 is 5.11 Å². The summed E-state index contributed by atoms with van der Waals surface area (Å²) in [6, 6.07) is 8.94. The molecular weight excluding hydrogens is 234 g/mol. The van der Waals surface area contributed by atoms with Crippen molar-refractivity contribution in [1.29, 1.82) is 0 Å². The summed E-state index contributed by atoms with van der Waals surface area (Å²) in [5.74, 6) is 0.279. The number of aliphatic hydroxyl groups excluding tert-OH is 1. The van der Waals surface area contributed by atoms with Crippen molar-refractivity contribution in [3.05, 3.63) is 34.9 Å². The molecule has 92 valence electrons. The predicted molar refractivity (Wildman–Crippen MR) is 69.4 cm³/mol. The Morgan fingerprint density at radius 3 is 2.65 bits per heavy atom. The van der Waals surface area contributed by atoms with Gasteiger partial charge >= 0.3 is 0 Å². The summed E-state index contributed by atoms with van der Waals surface area (Å²) >= 11 is 5.91. The van der Waals surface area contributed by atoms with E-state index in [4.69, 9.17) is 11.6 Å². The maximum Gasteiger partial charge on any atom is 0.0764 e. The molecule has 0 spiro atoms. The Kier molecular flexibility index (Phi) is 2.89. The van der Waals surface area contributed by atoms with E-state index in [-0.39, 0.29) is 12.0 Å². The summed E-state index contributed by atoms with van der Waals surface area (Å²) in [6.45, 7) is 0. The molecule has 17 heavy (non-hydrogen) atoms. The van der Waals surface area contributed by atoms with Gasteiger partial charge in [0.2, 0.25) is 0 Å². The molecule has 2 heterocycles. The molecule has 0 aromatic heterocycles. The second-order valence-electron chi connectivity index (χ2n) is 5.35. The summed E-state index contributed by atoms with van der Waals surface area (Å²) in [5, 5.41) is 11.2. The number of benzene rings is 1. The zero-order chi connectivity index (χ0) is 12.0. The van der Waals surface area contributed by atoms with E-state index in [1.54, 1.807) is 0 Å². The first-order chi connectivity index (χ1) is 8.16. The third-order valence-electron chi connectivity index (χ3n) is 4.53. The first kappa shape index (κ1) is 11.5. The number of rotatable bonds is 1. The van der Waals surface area contributed by atoms with E-state index in [9.17, 15) is 5.11 Å². The van der Waals surface area contributed by atoms with Gasteiger partial charge in [-0.3, -0.25) is 4.90 Å². The van der Waals surface area contributed by atoms with Gasteiger partial charge < -0.3 is 5.11 Å². The van der Waals surface area contributed by atoms with E-state index in [0.717, 1.165) is 17.9 Å². The molecule has 2 nitrogen and oxygen atoms in total. The molecule has 0 unspecified atom stereocenters. The van der Waals surface area contributed by atoms with Crippen LogP contribution in [-0.2, 0) is 0 Å². The second kappa shape index (κ2) is 4.27. The molecule has 2 fully saturated rings. The van der Waals surface area contributed by atoms with Gasteiger partial charge in [0.05, 0.1) is 6.10 Å². The molecule has 1 aromatic rings. The standard InChI is InChI=1S/C14H18ClNO/c1-16-11-6-7-13(16)14(17)12(8-11)9-2-4-10(15)5-3-9/h2-5,11-14,17H,6-8H2,1H3/t11-,12-,13+,14+/m0/s1. The zero-order valence-electron chi connectivity index (χ0n) is 10.0. The maximum absolute atomic E-state index is 10.5. The molecular formula is C14H18ClNO. The molecule has 0 saturated carbocycles. The van der Waals surface area contributed by atoms with Crippen LogP contribution in [-0.4, -0.2) is 35.2 Å². The van der Waals surface area contributed by atoms with Gasteiger partial charge in [0.15, 0.2) is 0 Å². The van der Waals surface area contributed by atoms with E-state index >= 15 is 0 Å². The molecule has 1 aromatic carbocycles. The molecule has 4 atom stereocenters. The van der Waals surface area contributed by atoms with Crippen molar-refractivity contribution in [2.24, 2.45) is 0 Å². The Morgan fingerprint density at radius 2 is 1.94 bits per heavy atom. The predicted octanol–water partition coefficient (Wildman–Crippen LogP) is 2.65. The number of aliphatic hydroxyl groups is 1. The summed E-state index contributed by atoms with van der Waals surface area (Å²) in [5.41, 5.74) is 1.23. The number of likely N-dealkylation sites (N-methyl/N-ethyl adjacent to an activating group) is 1. The van der Waals surface area contributed by atoms with Crippen molar-refractivity contribution in [1.82, 2.24) is 4.90 Å². The lowest BCUT2D eigenvalue weighted by Crippen LogP contribution is -2.48. The molecule has 3 heteroatoms. The van der Waals surface area contributed by atoms with Crippen molar-refractivity contribution >= 4 is 11.6 Å². The van der Waals surface area contributed by atoms with Crippen molar-refractivity contribution in [3.8, 4) is 0 Å². The first-order valence-corrected chi connectivity index (χ1v) is 6.70. The third-order valence-corrected chi connectivity index (χ3v) is 4.78. The van der Waals surface area contributed by atoms with Crippen LogP contribution in [0.25, 0.3) is 0 Å². The van der Waals surface area contributed by atoms with Gasteiger partial charge in [0.1, 0.15) is 0 Å². The van der Waals surface area contributed by atoms with Gasteiger partial charge in [-0.15, -0.1) is 0 Å². The Bertz CT molecular complexity index is 405. The number of hydrogen-bond donors (Lipinski definition) is 1. The van der Waals surface area contributed by atoms with Gasteiger partial charge in [-0.2, -0.15) is 0 Å². The SMILES string of the molecule is CN1[C@H]2CC[C@@H]1[C@H](O)[C@H](c1ccc(Cl)cc1)C2. The van der Waals surface area contributed by atoms with Crippen LogP contribution in [0.3, 0.4) is 0 Å². The van der Waals surface area contributed by atoms with Crippen LogP contribution in [0.1, 0.15) is 30.7 Å². The van der Waals surface area contributed by atoms with E-state index in [1.165, 1.54) is 12.0 Å². The number of fused-ring (bicyclic) bond motifs is 2. The smallest absolute Gasteiger partial charge is 0.0764 e. The summed E-state index contributed by atoms with van der Waals surface area (Å²) in [4.78, 5) is 2.36. The number of halogens is 1. The summed E-state index contributed by atoms with van der Waals surface area (Å²) in [6.07, 6.45) is 3.18. The minimum Gasteiger partial charge on any atom is -0.391 e. The Labute approximate surface area is 107 Å². The monoisotopic (exact) mass is 251 g/mol. The Morgan fingerprint density at radius 1 is 1.24 bits per heavy atom. The van der Waals surface area contributed by atoms with E-state index < -0.39 is 0 Å². The molecule has 3 rings (SSSR count). The highest BCUT2D eigenvalue weighted by molar-refractivity contribution is 6.30. The van der Waals surface area contributed by atoms with Crippen LogP contribution in [0.2, 0.25) is 5.02 Å². The number of piperidine rings is 1. The Hall–Kier alpha value is -0.570. The van der Waals surface area contributed by atoms with E-state index in [2.05, 4.69) is 24.1 Å². The van der Waals surface area contributed by atoms with Crippen LogP contribution in [0.15, 0.2) is 24.3 Å². The highest BCUT2D eigenvalue weighted by Gasteiger charge is 2.45. The van der Waals surface area contributed by atoms with Crippen molar-refractivity contribution in [2.45, 2.75) is 43.4 Å². The Balaban J connectivity index is 1.87. The molecule has 0 aliphatic carbocycles. The largest absolute Gasteiger partial charge is 0.391 e. The molecule has 0 radical (unpaired) electrons. The molecule has 1 N–H and O–H groups in total. The zero-order valence-corrected chi connectivity index (χ0v) is 10.8. The highest BCUT2D eigenvalue weighted by atomic mass is 35.5.